The molecule has 0 radical (unpaired) electrons. The molecule has 1 aliphatic heterocycles. The predicted molar refractivity (Wildman–Crippen MR) is 63.7 cm³/mol. The third-order valence-corrected chi connectivity index (χ3v) is 3.34. The van der Waals surface area contributed by atoms with Gasteiger partial charge in [-0.25, -0.2) is 13.2 Å². The molecule has 0 aliphatic carbocycles. The van der Waals surface area contributed by atoms with Crippen LogP contribution in [0.1, 0.15) is 30.9 Å². The summed E-state index contributed by atoms with van der Waals surface area (Å²) in [5.74, 6) is -3.99. The van der Waals surface area contributed by atoms with E-state index in [2.05, 4.69) is 0 Å². The minimum atomic E-state index is -1.18. The monoisotopic (exact) mass is 272 g/mol. The van der Waals surface area contributed by atoms with Gasteiger partial charge in [-0.05, 0) is 25.9 Å². The van der Waals surface area contributed by atoms with Gasteiger partial charge in [-0.1, -0.05) is 6.42 Å². The summed E-state index contributed by atoms with van der Waals surface area (Å²) >= 11 is 0. The highest BCUT2D eigenvalue weighted by Gasteiger charge is 2.32. The lowest BCUT2D eigenvalue weighted by molar-refractivity contribution is -0.124. The SMILES string of the molecule is NC(=O)C(c1c(F)cc(F)cc1F)N1CCCCC1. The molecule has 1 heterocycles. The number of nitrogens with zero attached hydrogens (tertiary/aromatic N) is 1. The average molecular weight is 272 g/mol. The van der Waals surface area contributed by atoms with E-state index in [1.54, 1.807) is 4.90 Å². The van der Waals surface area contributed by atoms with Crippen LogP contribution in [0.3, 0.4) is 0 Å². The number of carbonyl (C=O) groups is 1. The Morgan fingerprint density at radius 1 is 1.11 bits per heavy atom. The van der Waals surface area contributed by atoms with Crippen LogP contribution in [0.2, 0.25) is 0 Å². The highest BCUT2D eigenvalue weighted by molar-refractivity contribution is 5.81. The van der Waals surface area contributed by atoms with E-state index < -0.39 is 35.0 Å². The number of halogens is 3. The number of hydrogen-bond donors (Lipinski definition) is 1. The summed E-state index contributed by atoms with van der Waals surface area (Å²) in [6, 6.07) is -0.0442. The summed E-state index contributed by atoms with van der Waals surface area (Å²) in [7, 11) is 0. The Morgan fingerprint density at radius 3 is 2.11 bits per heavy atom. The Morgan fingerprint density at radius 2 is 1.63 bits per heavy atom. The number of nitrogens with two attached hydrogens (primary N) is 1. The minimum Gasteiger partial charge on any atom is -0.368 e. The van der Waals surface area contributed by atoms with Crippen LogP contribution in [0.4, 0.5) is 13.2 Å². The van der Waals surface area contributed by atoms with Gasteiger partial charge in [-0.3, -0.25) is 9.69 Å². The molecule has 1 saturated heterocycles. The van der Waals surface area contributed by atoms with Gasteiger partial charge in [0.15, 0.2) is 0 Å². The predicted octanol–water partition coefficient (Wildman–Crippen LogP) is 2.12. The molecule has 1 amide bonds. The third kappa shape index (κ3) is 2.89. The maximum Gasteiger partial charge on any atom is 0.239 e. The number of rotatable bonds is 3. The summed E-state index contributed by atoms with van der Waals surface area (Å²) in [6.07, 6.45) is 2.69. The highest BCUT2D eigenvalue weighted by Crippen LogP contribution is 2.29. The number of hydrogen-bond acceptors (Lipinski definition) is 2. The molecule has 19 heavy (non-hydrogen) atoms. The van der Waals surface area contributed by atoms with Crippen LogP contribution in [-0.4, -0.2) is 23.9 Å². The Balaban J connectivity index is 2.41. The minimum absolute atomic E-state index is 0.462. The Kier molecular flexibility index (Phi) is 4.09. The lowest BCUT2D eigenvalue weighted by Crippen LogP contribution is -2.41. The summed E-state index contributed by atoms with van der Waals surface area (Å²) in [4.78, 5) is 13.2. The zero-order valence-corrected chi connectivity index (χ0v) is 10.3. The van der Waals surface area contributed by atoms with Crippen LogP contribution in [0.15, 0.2) is 12.1 Å². The quantitative estimate of drug-likeness (QED) is 0.916. The molecule has 1 atom stereocenters. The first-order chi connectivity index (χ1) is 9.00. The summed E-state index contributed by atoms with van der Waals surface area (Å²) in [5, 5.41) is 0. The maximum absolute atomic E-state index is 13.8. The van der Waals surface area contributed by atoms with E-state index in [-0.39, 0.29) is 0 Å². The van der Waals surface area contributed by atoms with Crippen molar-refractivity contribution in [2.45, 2.75) is 25.3 Å². The molecule has 1 aromatic rings. The molecule has 3 nitrogen and oxygen atoms in total. The first kappa shape index (κ1) is 13.9. The van der Waals surface area contributed by atoms with Crippen LogP contribution in [0, 0.1) is 17.5 Å². The standard InChI is InChI=1S/C13H15F3N2O/c14-8-6-9(15)11(10(16)7-8)12(13(17)19)18-4-2-1-3-5-18/h6-7,12H,1-5H2,(H2,17,19). The molecule has 0 spiro atoms. The fourth-order valence-corrected chi connectivity index (χ4v) is 2.50. The van der Waals surface area contributed by atoms with E-state index in [4.69, 9.17) is 5.73 Å². The van der Waals surface area contributed by atoms with Crippen molar-refractivity contribution in [3.63, 3.8) is 0 Å². The molecule has 6 heteroatoms. The number of amides is 1. The maximum atomic E-state index is 13.8. The van der Waals surface area contributed by atoms with Crippen molar-refractivity contribution in [2.75, 3.05) is 13.1 Å². The summed E-state index contributed by atoms with van der Waals surface area (Å²) < 4.78 is 40.4. The van der Waals surface area contributed by atoms with Gasteiger partial charge in [0.2, 0.25) is 5.91 Å². The van der Waals surface area contributed by atoms with Crippen LogP contribution >= 0.6 is 0 Å². The van der Waals surface area contributed by atoms with E-state index in [0.29, 0.717) is 25.2 Å². The van der Waals surface area contributed by atoms with Crippen molar-refractivity contribution in [3.8, 4) is 0 Å². The second-order valence-corrected chi connectivity index (χ2v) is 4.68. The molecule has 2 N–H and O–H groups in total. The smallest absolute Gasteiger partial charge is 0.239 e. The third-order valence-electron chi connectivity index (χ3n) is 3.34. The normalized spacial score (nSPS) is 18.3. The van der Waals surface area contributed by atoms with Crippen LogP contribution in [0.5, 0.6) is 0 Å². The van der Waals surface area contributed by atoms with Crippen molar-refractivity contribution in [1.29, 1.82) is 0 Å². The van der Waals surface area contributed by atoms with E-state index >= 15 is 0 Å². The van der Waals surface area contributed by atoms with Crippen molar-refractivity contribution in [3.05, 3.63) is 35.1 Å². The zero-order valence-electron chi connectivity index (χ0n) is 10.3. The molecule has 0 saturated carbocycles. The van der Waals surface area contributed by atoms with Crippen LogP contribution < -0.4 is 5.73 Å². The topological polar surface area (TPSA) is 46.3 Å². The average Bonchev–Trinajstić information content (AvgIpc) is 2.34. The number of benzene rings is 1. The lowest BCUT2D eigenvalue weighted by Gasteiger charge is -2.33. The number of piperidine rings is 1. The lowest BCUT2D eigenvalue weighted by atomic mass is 10.00. The zero-order chi connectivity index (χ0) is 14.0. The van der Waals surface area contributed by atoms with Gasteiger partial charge in [0, 0.05) is 12.1 Å². The fourth-order valence-electron chi connectivity index (χ4n) is 2.50. The van der Waals surface area contributed by atoms with Crippen LogP contribution in [-0.2, 0) is 4.79 Å². The van der Waals surface area contributed by atoms with Crippen molar-refractivity contribution in [1.82, 2.24) is 4.90 Å². The summed E-state index contributed by atoms with van der Waals surface area (Å²) in [5.41, 5.74) is 4.81. The molecule has 0 bridgehead atoms. The Hall–Kier alpha value is -1.56. The molecular formula is C13H15F3N2O. The molecule has 1 fully saturated rings. The molecule has 1 aromatic carbocycles. The van der Waals surface area contributed by atoms with Crippen molar-refractivity contribution < 1.29 is 18.0 Å². The van der Waals surface area contributed by atoms with E-state index in [1.165, 1.54) is 0 Å². The molecular weight excluding hydrogens is 257 g/mol. The van der Waals surface area contributed by atoms with Gasteiger partial charge in [0.1, 0.15) is 23.5 Å². The largest absolute Gasteiger partial charge is 0.368 e. The second kappa shape index (κ2) is 5.61. The van der Waals surface area contributed by atoms with Crippen molar-refractivity contribution in [2.24, 2.45) is 5.73 Å². The van der Waals surface area contributed by atoms with Crippen molar-refractivity contribution >= 4 is 5.91 Å². The van der Waals surface area contributed by atoms with Gasteiger partial charge in [-0.15, -0.1) is 0 Å². The summed E-state index contributed by atoms with van der Waals surface area (Å²) in [6.45, 7) is 1.09. The van der Waals surface area contributed by atoms with Gasteiger partial charge in [0.25, 0.3) is 0 Å². The molecule has 0 aromatic heterocycles. The Bertz CT molecular complexity index is 464. The van der Waals surface area contributed by atoms with Gasteiger partial charge in [0.05, 0.1) is 5.56 Å². The highest BCUT2D eigenvalue weighted by atomic mass is 19.1. The molecule has 104 valence electrons. The first-order valence-electron chi connectivity index (χ1n) is 6.18. The van der Waals surface area contributed by atoms with Gasteiger partial charge < -0.3 is 5.73 Å². The van der Waals surface area contributed by atoms with Gasteiger partial charge in [-0.2, -0.15) is 0 Å². The number of primary amides is 1. The Labute approximate surface area is 109 Å². The number of carbonyl (C=O) groups excluding carboxylic acids is 1. The second-order valence-electron chi connectivity index (χ2n) is 4.68. The first-order valence-corrected chi connectivity index (χ1v) is 6.18. The molecule has 1 aliphatic rings. The molecule has 1 unspecified atom stereocenters. The molecule has 2 rings (SSSR count). The van der Waals surface area contributed by atoms with Gasteiger partial charge >= 0.3 is 0 Å². The van der Waals surface area contributed by atoms with E-state index in [9.17, 15) is 18.0 Å². The fraction of sp³-hybridized carbons (Fsp3) is 0.462. The van der Waals surface area contributed by atoms with E-state index in [0.717, 1.165) is 19.3 Å². The van der Waals surface area contributed by atoms with E-state index in [1.807, 2.05) is 0 Å². The van der Waals surface area contributed by atoms with Crippen LogP contribution in [0.25, 0.3) is 0 Å². The number of likely N-dealkylation sites (tertiary alicyclic amines) is 1.